The Morgan fingerprint density at radius 1 is 1.14 bits per heavy atom. The van der Waals surface area contributed by atoms with Gasteiger partial charge in [0.1, 0.15) is 52.3 Å². The first kappa shape index (κ1) is 30.1. The second kappa shape index (κ2) is 23.5. The number of hydrogen-bond acceptors (Lipinski definition) is 9. The summed E-state index contributed by atoms with van der Waals surface area (Å²) in [5.41, 5.74) is 0. The van der Waals surface area contributed by atoms with Gasteiger partial charge in [-0.25, -0.2) is 0 Å². The Kier molecular flexibility index (Phi) is 32.1. The third kappa shape index (κ3) is 59.4. The number of carbonyl (C=O) groups excluding carboxylic acids is 1. The van der Waals surface area contributed by atoms with Gasteiger partial charge in [0.2, 0.25) is 0 Å². The standard InChI is InChI=1S/C6H10O3.C5H6O2.IO4.Na/c1-2-3-9-5-6(8)4-7;1-2-4-7-5-3-6;2-1(3,4)5;/h1,6-8H,3-5H2;1,3H,4-5H2;;/q;;-1;+1. The molecule has 0 aromatic rings. The summed E-state index contributed by atoms with van der Waals surface area (Å²) >= 11 is -5.94. The summed E-state index contributed by atoms with van der Waals surface area (Å²) in [4.78, 5) is 9.49. The topological polar surface area (TPSA) is 168 Å². The van der Waals surface area contributed by atoms with E-state index in [1.54, 1.807) is 0 Å². The van der Waals surface area contributed by atoms with E-state index in [0.717, 1.165) is 0 Å². The second-order valence-electron chi connectivity index (χ2n) is 2.82. The van der Waals surface area contributed by atoms with Crippen LogP contribution in [0.2, 0.25) is 0 Å². The number of rotatable bonds is 7. The third-order valence-corrected chi connectivity index (χ3v) is 1.08. The molecule has 2 N–H and O–H groups in total. The van der Waals surface area contributed by atoms with Gasteiger partial charge in [0.25, 0.3) is 0 Å². The molecule has 0 spiro atoms. The molecule has 0 aliphatic rings. The molecule has 11 heteroatoms. The molecule has 0 aromatic carbocycles. The fourth-order valence-electron chi connectivity index (χ4n) is 0.473. The molecule has 0 saturated heterocycles. The minimum Gasteiger partial charge on any atom is -0.394 e. The van der Waals surface area contributed by atoms with E-state index in [0.29, 0.717) is 6.29 Å². The summed E-state index contributed by atoms with van der Waals surface area (Å²) in [5.74, 6) is 4.45. The van der Waals surface area contributed by atoms with Gasteiger partial charge >= 0.3 is 29.6 Å². The van der Waals surface area contributed by atoms with E-state index in [-0.39, 0.29) is 62.6 Å². The molecule has 0 amide bonds. The summed E-state index contributed by atoms with van der Waals surface area (Å²) in [6.07, 6.45) is 9.47. The van der Waals surface area contributed by atoms with Crippen LogP contribution in [0.4, 0.5) is 0 Å². The Bertz CT molecular complexity index is 302. The van der Waals surface area contributed by atoms with E-state index < -0.39 is 26.2 Å². The second-order valence-corrected chi connectivity index (χ2v) is 4.98. The van der Waals surface area contributed by atoms with Crippen molar-refractivity contribution in [1.29, 1.82) is 0 Å². The zero-order valence-electron chi connectivity index (χ0n) is 12.0. The van der Waals surface area contributed by atoms with Crippen LogP contribution < -0.4 is 63.4 Å². The summed E-state index contributed by atoms with van der Waals surface area (Å²) in [5, 5.41) is 16.9. The average Bonchev–Trinajstić information content (AvgIpc) is 2.38. The molecule has 122 valence electrons. The molecule has 0 radical (unpaired) electrons. The SMILES string of the molecule is C#CCOCC(O)CO.C#CCOCC=O.[Na+].[O-][I+3]([O-])([O-])[O-]. The number of aliphatic hydroxyl groups is 2. The van der Waals surface area contributed by atoms with Crippen molar-refractivity contribution in [1.82, 2.24) is 0 Å². The van der Waals surface area contributed by atoms with Crippen molar-refractivity contribution in [3.63, 3.8) is 0 Å². The quantitative estimate of drug-likeness (QED) is 0.128. The van der Waals surface area contributed by atoms with Gasteiger partial charge in [-0.15, -0.1) is 12.8 Å². The van der Waals surface area contributed by atoms with Crippen LogP contribution in [0.25, 0.3) is 0 Å². The van der Waals surface area contributed by atoms with Gasteiger partial charge < -0.3 is 24.5 Å². The molecule has 1 unspecified atom stereocenters. The maximum absolute atomic E-state index is 9.49. The summed E-state index contributed by atoms with van der Waals surface area (Å²) in [6, 6.07) is 0. The number of aliphatic hydroxyl groups excluding tert-OH is 2. The van der Waals surface area contributed by atoms with E-state index in [4.69, 9.17) is 36.8 Å². The summed E-state index contributed by atoms with van der Waals surface area (Å²) < 4.78 is 43.7. The van der Waals surface area contributed by atoms with E-state index in [9.17, 15) is 4.79 Å². The van der Waals surface area contributed by atoms with Crippen molar-refractivity contribution in [2.24, 2.45) is 0 Å². The van der Waals surface area contributed by atoms with Crippen molar-refractivity contribution in [3.05, 3.63) is 0 Å². The molecule has 0 aliphatic heterocycles. The van der Waals surface area contributed by atoms with Crippen LogP contribution in [0, 0.1) is 24.7 Å². The zero-order valence-corrected chi connectivity index (χ0v) is 16.1. The van der Waals surface area contributed by atoms with Gasteiger partial charge in [0.15, 0.2) is 0 Å². The fraction of sp³-hybridized carbons (Fsp3) is 0.545. The minimum atomic E-state index is -5.94. The number of carbonyl (C=O) groups is 1. The van der Waals surface area contributed by atoms with Gasteiger partial charge in [-0.3, -0.25) is 13.7 Å². The first-order valence-corrected chi connectivity index (χ1v) is 8.61. The van der Waals surface area contributed by atoms with E-state index >= 15 is 0 Å². The van der Waals surface area contributed by atoms with E-state index in [1.165, 1.54) is 0 Å². The van der Waals surface area contributed by atoms with Crippen LogP contribution in [0.5, 0.6) is 0 Å². The Balaban J connectivity index is -0.000000113. The van der Waals surface area contributed by atoms with Crippen LogP contribution in [-0.4, -0.2) is 55.6 Å². The van der Waals surface area contributed by atoms with Crippen molar-refractivity contribution < 1.29 is 87.9 Å². The van der Waals surface area contributed by atoms with E-state index in [2.05, 4.69) is 21.3 Å². The molecule has 9 nitrogen and oxygen atoms in total. The third-order valence-electron chi connectivity index (χ3n) is 1.08. The molecule has 1 atom stereocenters. The van der Waals surface area contributed by atoms with Crippen LogP contribution in [-0.2, 0) is 14.3 Å². The smallest absolute Gasteiger partial charge is 0.394 e. The zero-order chi connectivity index (χ0) is 17.1. The van der Waals surface area contributed by atoms with Gasteiger partial charge in [0.05, 0.1) is 13.2 Å². The number of hydrogen-bond donors (Lipinski definition) is 2. The molecular weight excluding hydrogens is 426 g/mol. The number of ether oxygens (including phenoxy) is 2. The van der Waals surface area contributed by atoms with E-state index in [1.807, 2.05) is 0 Å². The molecule has 0 bridgehead atoms. The van der Waals surface area contributed by atoms with Crippen LogP contribution >= 0.6 is 0 Å². The maximum atomic E-state index is 9.49. The molecule has 0 aliphatic carbocycles. The number of halogens is 1. The van der Waals surface area contributed by atoms with Crippen molar-refractivity contribution in [2.75, 3.05) is 33.0 Å². The largest absolute Gasteiger partial charge is 1.00 e. The number of aldehydes is 1. The van der Waals surface area contributed by atoms with Crippen LogP contribution in [0.1, 0.15) is 0 Å². The summed E-state index contributed by atoms with van der Waals surface area (Å²) in [6.45, 7) is 0.311. The Labute approximate surface area is 157 Å². The molecule has 0 fully saturated rings. The first-order chi connectivity index (χ1) is 9.72. The van der Waals surface area contributed by atoms with Crippen molar-refractivity contribution in [3.8, 4) is 24.7 Å². The predicted molar refractivity (Wildman–Crippen MR) is 58.5 cm³/mol. The van der Waals surface area contributed by atoms with Crippen molar-refractivity contribution >= 4 is 6.29 Å². The fourth-order valence-corrected chi connectivity index (χ4v) is 0.473. The Morgan fingerprint density at radius 2 is 1.55 bits per heavy atom. The maximum Gasteiger partial charge on any atom is 1.00 e. The van der Waals surface area contributed by atoms with Crippen molar-refractivity contribution in [2.45, 2.75) is 6.10 Å². The molecular formula is C11H16INaO9. The molecule has 22 heavy (non-hydrogen) atoms. The Hall–Kier alpha value is 0.200. The van der Waals surface area contributed by atoms with Crippen LogP contribution in [0.3, 0.4) is 0 Å². The van der Waals surface area contributed by atoms with Crippen LogP contribution in [0.15, 0.2) is 0 Å². The molecule has 0 heterocycles. The van der Waals surface area contributed by atoms with Gasteiger partial charge in [-0.2, -0.15) is 0 Å². The predicted octanol–water partition coefficient (Wildman–Crippen LogP) is -11.9. The summed E-state index contributed by atoms with van der Waals surface area (Å²) in [7, 11) is 0. The normalized spacial score (nSPS) is 10.2. The monoisotopic (exact) mass is 442 g/mol. The Morgan fingerprint density at radius 3 is 1.86 bits per heavy atom. The van der Waals surface area contributed by atoms with Gasteiger partial charge in [-0.1, -0.05) is 11.8 Å². The molecule has 0 aromatic heterocycles. The molecule has 0 rings (SSSR count). The average molecular weight is 442 g/mol. The minimum absolute atomic E-state index is 0. The van der Waals surface area contributed by atoms with Gasteiger partial charge in [0, 0.05) is 0 Å². The molecule has 0 saturated carbocycles. The number of terminal acetylenes is 2. The van der Waals surface area contributed by atoms with Gasteiger partial charge in [-0.05, 0) is 0 Å². The first-order valence-electron chi connectivity index (χ1n) is 5.09.